The quantitative estimate of drug-likeness (QED) is 0.263. The number of hydrogen-bond donors (Lipinski definition) is 2. The van der Waals surface area contributed by atoms with E-state index in [4.69, 9.17) is 9.47 Å². The number of benzene rings is 3. The first kappa shape index (κ1) is 26.0. The van der Waals surface area contributed by atoms with Crippen LogP contribution in [0.2, 0.25) is 0 Å². The monoisotopic (exact) mass is 537 g/mol. The predicted octanol–water partition coefficient (Wildman–Crippen LogP) is 5.52. The summed E-state index contributed by atoms with van der Waals surface area (Å²) >= 11 is 3.42. The van der Waals surface area contributed by atoms with Gasteiger partial charge in [-0.1, -0.05) is 40.2 Å². The van der Waals surface area contributed by atoms with E-state index in [-0.39, 0.29) is 24.7 Å². The van der Waals surface area contributed by atoms with E-state index in [2.05, 4.69) is 31.8 Å². The summed E-state index contributed by atoms with van der Waals surface area (Å²) in [6.45, 7) is 4.29. The second-order valence-corrected chi connectivity index (χ2v) is 8.90. The molecule has 3 aromatic carbocycles. The molecule has 8 heteroatoms. The number of nitrogens with one attached hydrogen (secondary N) is 2. The Morgan fingerprint density at radius 2 is 1.69 bits per heavy atom. The lowest BCUT2D eigenvalue weighted by Gasteiger charge is -2.11. The molecule has 0 aliphatic carbocycles. The highest BCUT2D eigenvalue weighted by Crippen LogP contribution is 2.28. The van der Waals surface area contributed by atoms with Gasteiger partial charge in [0.1, 0.15) is 6.61 Å². The van der Waals surface area contributed by atoms with Crippen LogP contribution in [0.25, 0.3) is 0 Å². The molecule has 0 radical (unpaired) electrons. The number of hydrazone groups is 1. The maximum absolute atomic E-state index is 12.2. The van der Waals surface area contributed by atoms with E-state index in [1.54, 1.807) is 19.2 Å². The lowest BCUT2D eigenvalue weighted by atomic mass is 10.1. The van der Waals surface area contributed by atoms with Crippen molar-refractivity contribution >= 4 is 39.6 Å². The summed E-state index contributed by atoms with van der Waals surface area (Å²) < 4.78 is 12.3. The first-order valence-corrected chi connectivity index (χ1v) is 11.9. The average molecular weight is 538 g/mol. The minimum Gasteiger partial charge on any atom is -0.493 e. The van der Waals surface area contributed by atoms with Crippen LogP contribution in [0.4, 0.5) is 5.69 Å². The minimum atomic E-state index is -0.348. The molecular formula is C27H28BrN3O4. The first-order valence-electron chi connectivity index (χ1n) is 11.1. The largest absolute Gasteiger partial charge is 0.493 e. The van der Waals surface area contributed by atoms with E-state index in [1.165, 1.54) is 6.21 Å². The second kappa shape index (κ2) is 12.7. The van der Waals surface area contributed by atoms with E-state index in [0.717, 1.165) is 32.4 Å². The summed E-state index contributed by atoms with van der Waals surface area (Å²) in [6.07, 6.45) is 1.60. The van der Waals surface area contributed by atoms with Gasteiger partial charge in [0.25, 0.3) is 0 Å². The third-order valence-electron chi connectivity index (χ3n) is 5.14. The second-order valence-electron chi connectivity index (χ2n) is 7.99. The smallest absolute Gasteiger partial charge is 0.240 e. The fraction of sp³-hybridized carbons (Fsp3) is 0.222. The van der Waals surface area contributed by atoms with Gasteiger partial charge in [0.15, 0.2) is 11.5 Å². The van der Waals surface area contributed by atoms with Crippen LogP contribution < -0.4 is 20.2 Å². The van der Waals surface area contributed by atoms with Crippen LogP contribution in [-0.2, 0) is 16.2 Å². The zero-order chi connectivity index (χ0) is 25.2. The number of ether oxygens (including phenoxy) is 2. The normalized spacial score (nSPS) is 10.7. The Morgan fingerprint density at radius 1 is 0.943 bits per heavy atom. The van der Waals surface area contributed by atoms with Crippen molar-refractivity contribution < 1.29 is 19.1 Å². The van der Waals surface area contributed by atoms with Gasteiger partial charge in [-0.05, 0) is 72.5 Å². The maximum Gasteiger partial charge on any atom is 0.240 e. The number of hydrogen-bond acceptors (Lipinski definition) is 5. The highest BCUT2D eigenvalue weighted by atomic mass is 79.9. The van der Waals surface area contributed by atoms with Crippen LogP contribution >= 0.6 is 15.9 Å². The van der Waals surface area contributed by atoms with E-state index < -0.39 is 0 Å². The molecular weight excluding hydrogens is 510 g/mol. The molecule has 0 spiro atoms. The highest BCUT2D eigenvalue weighted by Gasteiger charge is 2.09. The van der Waals surface area contributed by atoms with Gasteiger partial charge in [0.2, 0.25) is 11.8 Å². The summed E-state index contributed by atoms with van der Waals surface area (Å²) in [5, 5.41) is 6.82. The summed E-state index contributed by atoms with van der Waals surface area (Å²) in [5.74, 6) is 0.590. The van der Waals surface area contributed by atoms with Crippen LogP contribution in [0.5, 0.6) is 11.5 Å². The molecule has 7 nitrogen and oxygen atoms in total. The molecule has 0 saturated heterocycles. The summed E-state index contributed by atoms with van der Waals surface area (Å²) in [4.78, 5) is 24.3. The van der Waals surface area contributed by atoms with Crippen molar-refractivity contribution in [1.29, 1.82) is 0 Å². The topological polar surface area (TPSA) is 89.0 Å². The summed E-state index contributed by atoms with van der Waals surface area (Å²) in [7, 11) is 1.56. The van der Waals surface area contributed by atoms with Crippen molar-refractivity contribution in [2.24, 2.45) is 5.10 Å². The van der Waals surface area contributed by atoms with Gasteiger partial charge in [-0.25, -0.2) is 5.43 Å². The first-order chi connectivity index (χ1) is 16.8. The Morgan fingerprint density at radius 3 is 2.43 bits per heavy atom. The molecule has 0 heterocycles. The predicted molar refractivity (Wildman–Crippen MR) is 141 cm³/mol. The Labute approximate surface area is 213 Å². The minimum absolute atomic E-state index is 0.0280. The molecule has 0 atom stereocenters. The number of amides is 2. The third-order valence-corrected chi connectivity index (χ3v) is 5.67. The lowest BCUT2D eigenvalue weighted by molar-refractivity contribution is -0.124. The van der Waals surface area contributed by atoms with Gasteiger partial charge in [-0.15, -0.1) is 0 Å². The molecule has 2 amide bonds. The van der Waals surface area contributed by atoms with Gasteiger partial charge >= 0.3 is 0 Å². The van der Waals surface area contributed by atoms with Crippen molar-refractivity contribution in [2.45, 2.75) is 33.3 Å². The van der Waals surface area contributed by atoms with Gasteiger partial charge < -0.3 is 14.8 Å². The van der Waals surface area contributed by atoms with Crippen molar-refractivity contribution in [2.75, 3.05) is 12.4 Å². The lowest BCUT2D eigenvalue weighted by Crippen LogP contribution is -2.21. The number of rotatable bonds is 10. The average Bonchev–Trinajstić information content (AvgIpc) is 2.85. The van der Waals surface area contributed by atoms with E-state index in [1.807, 2.05) is 62.4 Å². The van der Waals surface area contributed by atoms with Crippen molar-refractivity contribution in [3.8, 4) is 11.5 Å². The molecule has 0 saturated carbocycles. The molecule has 0 fully saturated rings. The SMILES string of the molecule is COc1cc(C=NNC(=O)CCC(=O)Nc2cc(C)ccc2C)ccc1OCc1ccc(Br)cc1. The van der Waals surface area contributed by atoms with Crippen molar-refractivity contribution in [3.05, 3.63) is 87.4 Å². The van der Waals surface area contributed by atoms with E-state index in [9.17, 15) is 9.59 Å². The zero-order valence-corrected chi connectivity index (χ0v) is 21.5. The summed E-state index contributed by atoms with van der Waals surface area (Å²) in [6, 6.07) is 19.1. The molecule has 182 valence electrons. The molecule has 0 unspecified atom stereocenters. The van der Waals surface area contributed by atoms with Crippen molar-refractivity contribution in [3.63, 3.8) is 0 Å². The van der Waals surface area contributed by atoms with Crippen molar-refractivity contribution in [1.82, 2.24) is 5.43 Å². The maximum atomic E-state index is 12.2. The Hall–Kier alpha value is -3.65. The third kappa shape index (κ3) is 8.26. The van der Waals surface area contributed by atoms with Crippen LogP contribution in [0.3, 0.4) is 0 Å². The van der Waals surface area contributed by atoms with Gasteiger partial charge in [0, 0.05) is 23.0 Å². The van der Waals surface area contributed by atoms with Crippen LogP contribution in [0.1, 0.15) is 35.1 Å². The van der Waals surface area contributed by atoms with E-state index in [0.29, 0.717) is 18.1 Å². The molecule has 3 aromatic rings. The van der Waals surface area contributed by atoms with Crippen LogP contribution in [-0.4, -0.2) is 25.1 Å². The molecule has 0 aliphatic heterocycles. The summed E-state index contributed by atoms with van der Waals surface area (Å²) in [5.41, 5.74) is 6.99. The molecule has 2 N–H and O–H groups in total. The van der Waals surface area contributed by atoms with Gasteiger partial charge in [-0.3, -0.25) is 9.59 Å². The molecule has 0 aliphatic rings. The van der Waals surface area contributed by atoms with Crippen LogP contribution in [0.15, 0.2) is 70.2 Å². The number of aryl methyl sites for hydroxylation is 2. The molecule has 35 heavy (non-hydrogen) atoms. The molecule has 3 rings (SSSR count). The Bertz CT molecular complexity index is 1210. The zero-order valence-electron chi connectivity index (χ0n) is 19.9. The number of halogens is 1. The molecule has 0 bridgehead atoms. The van der Waals surface area contributed by atoms with Crippen LogP contribution in [0, 0.1) is 13.8 Å². The molecule has 0 aromatic heterocycles. The van der Waals surface area contributed by atoms with E-state index >= 15 is 0 Å². The fourth-order valence-electron chi connectivity index (χ4n) is 3.17. The number of carbonyl (C=O) groups is 2. The number of carbonyl (C=O) groups excluding carboxylic acids is 2. The fourth-order valence-corrected chi connectivity index (χ4v) is 3.43. The Kier molecular flexibility index (Phi) is 9.43. The standard InChI is InChI=1S/C27H28BrN3O4/c1-18-4-5-19(2)23(14-18)30-26(32)12-13-27(33)31-29-16-21-8-11-24(25(15-21)34-3)35-17-20-6-9-22(28)10-7-20/h4-11,14-16H,12-13,17H2,1-3H3,(H,30,32)(H,31,33). The Balaban J connectivity index is 1.47. The number of methoxy groups -OCH3 is 1. The van der Waals surface area contributed by atoms with Gasteiger partial charge in [-0.2, -0.15) is 5.10 Å². The van der Waals surface area contributed by atoms with Gasteiger partial charge in [0.05, 0.1) is 13.3 Å². The number of nitrogens with zero attached hydrogens (tertiary/aromatic N) is 1. The number of anilines is 1. The highest BCUT2D eigenvalue weighted by molar-refractivity contribution is 9.10.